The number of hydrogen-bond donors (Lipinski definition) is 0. The van der Waals surface area contributed by atoms with Crippen LogP contribution in [0.15, 0.2) is 170 Å². The van der Waals surface area contributed by atoms with E-state index >= 15 is 0 Å². The lowest BCUT2D eigenvalue weighted by atomic mass is 9.94. The van der Waals surface area contributed by atoms with Gasteiger partial charge in [-0.15, -0.1) is 0 Å². The number of aromatic nitrogens is 4. The molecular weight excluding hydrogens is 560 g/mol. The molecule has 2 heterocycles. The van der Waals surface area contributed by atoms with Crippen LogP contribution in [0.4, 0.5) is 0 Å². The highest BCUT2D eigenvalue weighted by Crippen LogP contribution is 2.35. The van der Waals surface area contributed by atoms with Crippen molar-refractivity contribution in [3.8, 4) is 67.7 Å². The standard InChI is InChI=1S/C42H28N4/c1-4-12-29(13-5-1)35-26-36(30-20-22-32(23-21-30)39-38-19-11-10-14-31(38)24-25-43-39)28-37(27-35)42-45-40(33-15-6-2-7-16-33)44-41(46-42)34-17-8-3-9-18-34/h1-28H. The van der Waals surface area contributed by atoms with Gasteiger partial charge in [-0.2, -0.15) is 0 Å². The summed E-state index contributed by atoms with van der Waals surface area (Å²) in [6, 6.07) is 56.3. The number of fused-ring (bicyclic) bond motifs is 1. The number of rotatable bonds is 6. The molecule has 0 aliphatic carbocycles. The van der Waals surface area contributed by atoms with Gasteiger partial charge in [0.1, 0.15) is 0 Å². The summed E-state index contributed by atoms with van der Waals surface area (Å²) < 4.78 is 0. The Bertz CT molecular complexity index is 2220. The monoisotopic (exact) mass is 588 g/mol. The molecule has 0 spiro atoms. The van der Waals surface area contributed by atoms with Gasteiger partial charge >= 0.3 is 0 Å². The summed E-state index contributed by atoms with van der Waals surface area (Å²) in [4.78, 5) is 19.7. The van der Waals surface area contributed by atoms with Gasteiger partial charge in [-0.25, -0.2) is 15.0 Å². The molecule has 4 heteroatoms. The molecule has 0 fully saturated rings. The van der Waals surface area contributed by atoms with Crippen LogP contribution in [0.25, 0.3) is 78.4 Å². The predicted octanol–water partition coefficient (Wildman–Crippen LogP) is 10.4. The Kier molecular flexibility index (Phi) is 7.14. The van der Waals surface area contributed by atoms with E-state index in [1.54, 1.807) is 0 Å². The van der Waals surface area contributed by atoms with Crippen molar-refractivity contribution in [1.29, 1.82) is 0 Å². The highest BCUT2D eigenvalue weighted by atomic mass is 15.0. The van der Waals surface area contributed by atoms with Crippen LogP contribution in [-0.2, 0) is 0 Å². The fourth-order valence-electron chi connectivity index (χ4n) is 5.83. The minimum absolute atomic E-state index is 0.628. The SMILES string of the molecule is c1ccc(-c2cc(-c3ccc(-c4nccc5ccccc45)cc3)cc(-c3nc(-c4ccccc4)nc(-c4ccccc4)n3)c2)cc1. The van der Waals surface area contributed by atoms with E-state index in [9.17, 15) is 0 Å². The second-order valence-corrected chi connectivity index (χ2v) is 11.2. The van der Waals surface area contributed by atoms with E-state index in [4.69, 9.17) is 19.9 Å². The van der Waals surface area contributed by atoms with E-state index in [1.165, 1.54) is 5.39 Å². The van der Waals surface area contributed by atoms with E-state index in [0.29, 0.717) is 17.5 Å². The first-order valence-corrected chi connectivity index (χ1v) is 15.3. The van der Waals surface area contributed by atoms with Crippen molar-refractivity contribution in [3.63, 3.8) is 0 Å². The smallest absolute Gasteiger partial charge is 0.164 e. The zero-order chi connectivity index (χ0) is 30.7. The highest BCUT2D eigenvalue weighted by Gasteiger charge is 2.15. The second kappa shape index (κ2) is 12.0. The first-order valence-electron chi connectivity index (χ1n) is 15.3. The van der Waals surface area contributed by atoms with Crippen molar-refractivity contribution in [2.45, 2.75) is 0 Å². The quantitative estimate of drug-likeness (QED) is 0.194. The normalized spacial score (nSPS) is 11.0. The summed E-state index contributed by atoms with van der Waals surface area (Å²) in [6.45, 7) is 0. The highest BCUT2D eigenvalue weighted by molar-refractivity contribution is 5.94. The molecule has 0 atom stereocenters. The summed E-state index contributed by atoms with van der Waals surface area (Å²) in [5.41, 5.74) is 9.28. The van der Waals surface area contributed by atoms with Crippen LogP contribution in [0.5, 0.6) is 0 Å². The lowest BCUT2D eigenvalue weighted by molar-refractivity contribution is 1.07. The first kappa shape index (κ1) is 27.3. The van der Waals surface area contributed by atoms with Crippen molar-refractivity contribution >= 4 is 10.8 Å². The Hall–Kier alpha value is -6.26. The van der Waals surface area contributed by atoms with Gasteiger partial charge in [0, 0.05) is 33.8 Å². The Morgan fingerprint density at radius 2 is 0.739 bits per heavy atom. The maximum atomic E-state index is 5.02. The molecule has 0 radical (unpaired) electrons. The predicted molar refractivity (Wildman–Crippen MR) is 188 cm³/mol. The van der Waals surface area contributed by atoms with Gasteiger partial charge in [0.05, 0.1) is 5.69 Å². The molecule has 0 saturated carbocycles. The molecule has 0 amide bonds. The lowest BCUT2D eigenvalue weighted by Crippen LogP contribution is -2.00. The Labute approximate surface area is 267 Å². The maximum Gasteiger partial charge on any atom is 0.164 e. The van der Waals surface area contributed by atoms with Crippen LogP contribution in [-0.4, -0.2) is 19.9 Å². The molecule has 0 saturated heterocycles. The van der Waals surface area contributed by atoms with Gasteiger partial charge in [-0.3, -0.25) is 4.98 Å². The fraction of sp³-hybridized carbons (Fsp3) is 0. The fourth-order valence-corrected chi connectivity index (χ4v) is 5.83. The van der Waals surface area contributed by atoms with E-state index in [0.717, 1.165) is 55.6 Å². The number of benzene rings is 6. The summed E-state index contributed by atoms with van der Waals surface area (Å²) in [6.07, 6.45) is 1.88. The third-order valence-corrected chi connectivity index (χ3v) is 8.16. The molecule has 0 aliphatic rings. The van der Waals surface area contributed by atoms with Gasteiger partial charge in [0.15, 0.2) is 17.5 Å². The second-order valence-electron chi connectivity index (χ2n) is 11.2. The van der Waals surface area contributed by atoms with Crippen LogP contribution in [0, 0.1) is 0 Å². The van der Waals surface area contributed by atoms with E-state index in [1.807, 2.05) is 72.9 Å². The topological polar surface area (TPSA) is 51.6 Å². The molecule has 0 aliphatic heterocycles. The zero-order valence-electron chi connectivity index (χ0n) is 25.0. The summed E-state index contributed by atoms with van der Waals surface area (Å²) in [7, 11) is 0. The Morgan fingerprint density at radius 3 is 1.33 bits per heavy atom. The molecule has 216 valence electrons. The van der Waals surface area contributed by atoms with Crippen molar-refractivity contribution in [2.24, 2.45) is 0 Å². The summed E-state index contributed by atoms with van der Waals surface area (Å²) in [5, 5.41) is 2.32. The van der Waals surface area contributed by atoms with Crippen molar-refractivity contribution < 1.29 is 0 Å². The van der Waals surface area contributed by atoms with Crippen LogP contribution < -0.4 is 0 Å². The molecule has 6 aromatic carbocycles. The number of hydrogen-bond acceptors (Lipinski definition) is 4. The van der Waals surface area contributed by atoms with Crippen LogP contribution in [0.1, 0.15) is 0 Å². The van der Waals surface area contributed by atoms with E-state index in [-0.39, 0.29) is 0 Å². The molecule has 8 rings (SSSR count). The van der Waals surface area contributed by atoms with Crippen molar-refractivity contribution in [1.82, 2.24) is 19.9 Å². The Morgan fingerprint density at radius 1 is 0.304 bits per heavy atom. The van der Waals surface area contributed by atoms with Crippen LogP contribution in [0.3, 0.4) is 0 Å². The van der Waals surface area contributed by atoms with Crippen LogP contribution in [0.2, 0.25) is 0 Å². The molecule has 0 bridgehead atoms. The molecular formula is C42H28N4. The Balaban J connectivity index is 1.28. The van der Waals surface area contributed by atoms with Gasteiger partial charge in [0.25, 0.3) is 0 Å². The van der Waals surface area contributed by atoms with Gasteiger partial charge < -0.3 is 0 Å². The molecule has 4 nitrogen and oxygen atoms in total. The minimum atomic E-state index is 0.628. The molecule has 0 N–H and O–H groups in total. The van der Waals surface area contributed by atoms with Crippen molar-refractivity contribution in [3.05, 3.63) is 170 Å². The number of pyridine rings is 1. The summed E-state index contributed by atoms with van der Waals surface area (Å²) in [5.74, 6) is 1.91. The van der Waals surface area contributed by atoms with Crippen molar-refractivity contribution in [2.75, 3.05) is 0 Å². The van der Waals surface area contributed by atoms with Gasteiger partial charge in [-0.1, -0.05) is 140 Å². The van der Waals surface area contributed by atoms with E-state index in [2.05, 4.69) is 97.1 Å². The first-order chi connectivity index (χ1) is 22.8. The lowest BCUT2D eigenvalue weighted by Gasteiger charge is -2.13. The average molecular weight is 589 g/mol. The molecule has 2 aromatic heterocycles. The largest absolute Gasteiger partial charge is 0.256 e. The molecule has 8 aromatic rings. The minimum Gasteiger partial charge on any atom is -0.256 e. The van der Waals surface area contributed by atoms with Gasteiger partial charge in [-0.05, 0) is 51.9 Å². The van der Waals surface area contributed by atoms with E-state index < -0.39 is 0 Å². The van der Waals surface area contributed by atoms with Crippen LogP contribution >= 0.6 is 0 Å². The molecule has 46 heavy (non-hydrogen) atoms. The third kappa shape index (κ3) is 5.44. The average Bonchev–Trinajstić information content (AvgIpc) is 3.15. The van der Waals surface area contributed by atoms with Gasteiger partial charge in [0.2, 0.25) is 0 Å². The third-order valence-electron chi connectivity index (χ3n) is 8.16. The maximum absolute atomic E-state index is 5.02. The zero-order valence-corrected chi connectivity index (χ0v) is 25.0. The summed E-state index contributed by atoms with van der Waals surface area (Å²) >= 11 is 0. The molecule has 0 unspecified atom stereocenters. The number of nitrogens with zero attached hydrogens (tertiary/aromatic N) is 4.